The summed E-state index contributed by atoms with van der Waals surface area (Å²) in [5.41, 5.74) is 7.55. The Balaban J connectivity index is 3.07. The van der Waals surface area contributed by atoms with Crippen LogP contribution in [0.2, 0.25) is 0 Å². The standard InChI is InChI=1S/C11H14N2/c1-8(9(2)13)11-6-4-3-5-10(11)7-12/h3-6,8-9H,13H2,1-2H3. The predicted molar refractivity (Wildman–Crippen MR) is 53.2 cm³/mol. The minimum Gasteiger partial charge on any atom is -0.327 e. The molecule has 2 atom stereocenters. The number of rotatable bonds is 2. The van der Waals surface area contributed by atoms with Gasteiger partial charge in [0.05, 0.1) is 11.6 Å². The van der Waals surface area contributed by atoms with Crippen LogP contribution in [0.5, 0.6) is 0 Å². The largest absolute Gasteiger partial charge is 0.327 e. The fourth-order valence-corrected chi connectivity index (χ4v) is 1.28. The van der Waals surface area contributed by atoms with E-state index < -0.39 is 0 Å². The number of benzene rings is 1. The van der Waals surface area contributed by atoms with Crippen LogP contribution in [-0.2, 0) is 0 Å². The van der Waals surface area contributed by atoms with Crippen molar-refractivity contribution in [2.75, 3.05) is 0 Å². The quantitative estimate of drug-likeness (QED) is 0.745. The zero-order chi connectivity index (χ0) is 9.84. The van der Waals surface area contributed by atoms with Crippen LogP contribution >= 0.6 is 0 Å². The summed E-state index contributed by atoms with van der Waals surface area (Å²) in [6.07, 6.45) is 0. The Labute approximate surface area is 79.0 Å². The molecule has 2 nitrogen and oxygen atoms in total. The van der Waals surface area contributed by atoms with Gasteiger partial charge in [-0.1, -0.05) is 25.1 Å². The van der Waals surface area contributed by atoms with E-state index in [9.17, 15) is 0 Å². The Hall–Kier alpha value is -1.33. The van der Waals surface area contributed by atoms with Gasteiger partial charge in [0, 0.05) is 6.04 Å². The minimum atomic E-state index is 0.0782. The van der Waals surface area contributed by atoms with Crippen LogP contribution in [0.15, 0.2) is 24.3 Å². The molecule has 0 aliphatic carbocycles. The third-order valence-corrected chi connectivity index (χ3v) is 2.36. The molecule has 0 saturated carbocycles. The fraction of sp³-hybridized carbons (Fsp3) is 0.364. The topological polar surface area (TPSA) is 49.8 Å². The summed E-state index contributed by atoms with van der Waals surface area (Å²) >= 11 is 0. The van der Waals surface area contributed by atoms with Crippen LogP contribution in [0.3, 0.4) is 0 Å². The molecular weight excluding hydrogens is 160 g/mol. The first kappa shape index (κ1) is 9.76. The molecule has 0 heterocycles. The van der Waals surface area contributed by atoms with E-state index in [1.165, 1.54) is 0 Å². The summed E-state index contributed by atoms with van der Waals surface area (Å²) in [4.78, 5) is 0. The molecule has 0 saturated heterocycles. The van der Waals surface area contributed by atoms with Gasteiger partial charge in [-0.2, -0.15) is 5.26 Å². The van der Waals surface area contributed by atoms with Crippen LogP contribution in [0.25, 0.3) is 0 Å². The molecule has 1 aromatic rings. The van der Waals surface area contributed by atoms with E-state index in [1.54, 1.807) is 0 Å². The molecule has 0 aromatic heterocycles. The van der Waals surface area contributed by atoms with Crippen molar-refractivity contribution in [3.05, 3.63) is 35.4 Å². The van der Waals surface area contributed by atoms with Gasteiger partial charge < -0.3 is 5.73 Å². The first-order chi connectivity index (χ1) is 6.16. The zero-order valence-corrected chi connectivity index (χ0v) is 7.99. The van der Waals surface area contributed by atoms with E-state index >= 15 is 0 Å². The van der Waals surface area contributed by atoms with E-state index in [0.717, 1.165) is 11.1 Å². The molecule has 0 fully saturated rings. The van der Waals surface area contributed by atoms with Gasteiger partial charge in [0.25, 0.3) is 0 Å². The number of hydrogen-bond acceptors (Lipinski definition) is 2. The van der Waals surface area contributed by atoms with Gasteiger partial charge in [0.1, 0.15) is 0 Å². The van der Waals surface area contributed by atoms with E-state index in [2.05, 4.69) is 6.07 Å². The lowest BCUT2D eigenvalue weighted by molar-refractivity contribution is 0.612. The highest BCUT2D eigenvalue weighted by molar-refractivity contribution is 5.39. The third kappa shape index (κ3) is 2.07. The second kappa shape index (κ2) is 4.06. The van der Waals surface area contributed by atoms with Crippen molar-refractivity contribution in [1.82, 2.24) is 0 Å². The maximum Gasteiger partial charge on any atom is 0.0994 e. The Morgan fingerprint density at radius 3 is 2.46 bits per heavy atom. The van der Waals surface area contributed by atoms with Gasteiger partial charge >= 0.3 is 0 Å². The highest BCUT2D eigenvalue weighted by Gasteiger charge is 2.13. The van der Waals surface area contributed by atoms with Crippen molar-refractivity contribution in [2.24, 2.45) is 5.73 Å². The van der Waals surface area contributed by atoms with Crippen LogP contribution in [0.1, 0.15) is 30.9 Å². The summed E-state index contributed by atoms with van der Waals surface area (Å²) in [6, 6.07) is 9.86. The van der Waals surface area contributed by atoms with Gasteiger partial charge in [-0.25, -0.2) is 0 Å². The first-order valence-electron chi connectivity index (χ1n) is 4.41. The second-order valence-corrected chi connectivity index (χ2v) is 3.35. The molecule has 68 valence electrons. The highest BCUT2D eigenvalue weighted by Crippen LogP contribution is 2.21. The van der Waals surface area contributed by atoms with Crippen LogP contribution < -0.4 is 5.73 Å². The average Bonchev–Trinajstić information content (AvgIpc) is 2.16. The smallest absolute Gasteiger partial charge is 0.0994 e. The summed E-state index contributed by atoms with van der Waals surface area (Å²) in [7, 11) is 0. The number of nitrogens with two attached hydrogens (primary N) is 1. The molecule has 0 amide bonds. The maximum atomic E-state index is 8.86. The number of nitriles is 1. The summed E-state index contributed by atoms with van der Waals surface area (Å²) in [5, 5.41) is 8.86. The van der Waals surface area contributed by atoms with Gasteiger partial charge in [-0.15, -0.1) is 0 Å². The molecule has 1 rings (SSSR count). The Kier molecular flexibility index (Phi) is 3.05. The van der Waals surface area contributed by atoms with Gasteiger partial charge in [-0.05, 0) is 24.5 Å². The molecule has 0 radical (unpaired) electrons. The SMILES string of the molecule is CC(N)C(C)c1ccccc1C#N. The first-order valence-corrected chi connectivity index (χ1v) is 4.41. The average molecular weight is 174 g/mol. The van der Waals surface area contributed by atoms with Crippen molar-refractivity contribution < 1.29 is 0 Å². The summed E-state index contributed by atoms with van der Waals surface area (Å²) in [6.45, 7) is 4.00. The molecule has 2 heteroatoms. The van der Waals surface area contributed by atoms with E-state index in [0.29, 0.717) is 0 Å². The molecule has 1 aromatic carbocycles. The molecular formula is C11H14N2. The molecule has 2 unspecified atom stereocenters. The van der Waals surface area contributed by atoms with Crippen LogP contribution in [0, 0.1) is 11.3 Å². The molecule has 0 aliphatic rings. The van der Waals surface area contributed by atoms with E-state index in [4.69, 9.17) is 11.0 Å². The monoisotopic (exact) mass is 174 g/mol. The Morgan fingerprint density at radius 1 is 1.31 bits per heavy atom. The Bertz CT molecular complexity index is 323. The van der Waals surface area contributed by atoms with Gasteiger partial charge in [-0.3, -0.25) is 0 Å². The van der Waals surface area contributed by atoms with E-state index in [1.807, 2.05) is 38.1 Å². The number of hydrogen-bond donors (Lipinski definition) is 1. The third-order valence-electron chi connectivity index (χ3n) is 2.36. The fourth-order valence-electron chi connectivity index (χ4n) is 1.28. The van der Waals surface area contributed by atoms with Crippen molar-refractivity contribution >= 4 is 0 Å². The van der Waals surface area contributed by atoms with Gasteiger partial charge in [0.2, 0.25) is 0 Å². The van der Waals surface area contributed by atoms with Crippen molar-refractivity contribution in [3.63, 3.8) is 0 Å². The molecule has 13 heavy (non-hydrogen) atoms. The Morgan fingerprint density at radius 2 is 1.92 bits per heavy atom. The van der Waals surface area contributed by atoms with Crippen molar-refractivity contribution in [3.8, 4) is 6.07 Å². The minimum absolute atomic E-state index is 0.0782. The lowest BCUT2D eigenvalue weighted by Gasteiger charge is -2.16. The molecule has 0 spiro atoms. The molecule has 0 bridgehead atoms. The lowest BCUT2D eigenvalue weighted by Crippen LogP contribution is -2.23. The van der Waals surface area contributed by atoms with Crippen LogP contribution in [-0.4, -0.2) is 6.04 Å². The number of nitrogens with zero attached hydrogens (tertiary/aromatic N) is 1. The highest BCUT2D eigenvalue weighted by atomic mass is 14.6. The lowest BCUT2D eigenvalue weighted by atomic mass is 9.91. The van der Waals surface area contributed by atoms with Crippen LogP contribution in [0.4, 0.5) is 0 Å². The predicted octanol–water partition coefficient (Wildman–Crippen LogP) is 2.01. The van der Waals surface area contributed by atoms with Gasteiger partial charge in [0.15, 0.2) is 0 Å². The molecule has 0 aliphatic heterocycles. The molecule has 2 N–H and O–H groups in total. The zero-order valence-electron chi connectivity index (χ0n) is 7.99. The maximum absolute atomic E-state index is 8.86. The van der Waals surface area contributed by atoms with Crippen molar-refractivity contribution in [2.45, 2.75) is 25.8 Å². The normalized spacial score (nSPS) is 14.6. The second-order valence-electron chi connectivity index (χ2n) is 3.35. The van der Waals surface area contributed by atoms with E-state index in [-0.39, 0.29) is 12.0 Å². The summed E-state index contributed by atoms with van der Waals surface area (Å²) in [5.74, 6) is 0.232. The summed E-state index contributed by atoms with van der Waals surface area (Å²) < 4.78 is 0. The van der Waals surface area contributed by atoms with Crippen molar-refractivity contribution in [1.29, 1.82) is 5.26 Å².